The third kappa shape index (κ3) is 6.19. The van der Waals surface area contributed by atoms with Crippen molar-refractivity contribution in [2.75, 3.05) is 59.6 Å². The second-order valence-electron chi connectivity index (χ2n) is 8.38. The van der Waals surface area contributed by atoms with Crippen LogP contribution in [0.5, 0.6) is 11.5 Å². The zero-order valence-electron chi connectivity index (χ0n) is 21.4. The van der Waals surface area contributed by atoms with E-state index in [0.717, 1.165) is 29.9 Å². The second-order valence-corrected chi connectivity index (χ2v) is 8.75. The van der Waals surface area contributed by atoms with E-state index in [0.29, 0.717) is 41.3 Å². The molecule has 1 amide bonds. The number of halogens is 1. The highest BCUT2D eigenvalue weighted by molar-refractivity contribution is 6.33. The van der Waals surface area contributed by atoms with Crippen molar-refractivity contribution >= 4 is 23.2 Å². The predicted molar refractivity (Wildman–Crippen MR) is 139 cm³/mol. The molecule has 1 atom stereocenters. The molecule has 4 rings (SSSR count). The normalized spacial score (nSPS) is 14.4. The molecule has 198 valence electrons. The van der Waals surface area contributed by atoms with Gasteiger partial charge >= 0.3 is 0 Å². The Morgan fingerprint density at radius 3 is 2.27 bits per heavy atom. The molecule has 0 N–H and O–H groups in total. The van der Waals surface area contributed by atoms with Crippen molar-refractivity contribution in [2.45, 2.75) is 12.7 Å². The van der Waals surface area contributed by atoms with E-state index >= 15 is 0 Å². The molecule has 1 aromatic heterocycles. The molecule has 1 aliphatic heterocycles. The van der Waals surface area contributed by atoms with Crippen molar-refractivity contribution in [1.29, 1.82) is 0 Å². The van der Waals surface area contributed by atoms with Crippen molar-refractivity contribution in [1.82, 2.24) is 5.06 Å². The summed E-state index contributed by atoms with van der Waals surface area (Å²) in [5.74, 6) is 1.72. The first kappa shape index (κ1) is 26.8. The van der Waals surface area contributed by atoms with Crippen molar-refractivity contribution in [3.05, 3.63) is 64.9 Å². The molecule has 2 heterocycles. The first-order valence-corrected chi connectivity index (χ1v) is 12.2. The van der Waals surface area contributed by atoms with Crippen LogP contribution in [-0.4, -0.2) is 65.7 Å². The van der Waals surface area contributed by atoms with Crippen molar-refractivity contribution < 1.29 is 33.0 Å². The molecule has 1 fully saturated rings. The van der Waals surface area contributed by atoms with Gasteiger partial charge in [-0.1, -0.05) is 23.7 Å². The van der Waals surface area contributed by atoms with Crippen LogP contribution in [0.25, 0.3) is 11.3 Å². The summed E-state index contributed by atoms with van der Waals surface area (Å²) < 4.78 is 27.5. The lowest BCUT2D eigenvalue weighted by Crippen LogP contribution is -2.36. The molecule has 0 spiro atoms. The maximum absolute atomic E-state index is 13.1. The molecule has 3 aromatic rings. The van der Waals surface area contributed by atoms with Crippen LogP contribution in [0.1, 0.15) is 17.4 Å². The highest BCUT2D eigenvalue weighted by Gasteiger charge is 2.25. The van der Waals surface area contributed by atoms with Crippen LogP contribution in [0.15, 0.2) is 52.9 Å². The number of furan rings is 1. The summed E-state index contributed by atoms with van der Waals surface area (Å²) in [7, 11) is 6.11. The lowest BCUT2D eigenvalue weighted by molar-refractivity contribution is -0.194. The fraction of sp³-hybridized carbons (Fsp3) is 0.370. The number of carbonyl (C=O) groups is 1. The summed E-state index contributed by atoms with van der Waals surface area (Å²) in [5.41, 5.74) is 2.56. The van der Waals surface area contributed by atoms with Gasteiger partial charge in [-0.15, -0.1) is 0 Å². The Morgan fingerprint density at radius 1 is 1.03 bits per heavy atom. The minimum atomic E-state index is -0.801. The number of amides is 1. The maximum Gasteiger partial charge on any atom is 0.279 e. The number of rotatable bonds is 10. The SMILES string of the molecule is COc1cc(-c2ccc(CON(C)C(=O)C(OC)c3ccc(N4CCOCC4)cc3)o2)cc(OC)c1Cl. The van der Waals surface area contributed by atoms with Gasteiger partial charge in [0.1, 0.15) is 34.6 Å². The van der Waals surface area contributed by atoms with E-state index in [1.165, 1.54) is 26.4 Å². The molecule has 37 heavy (non-hydrogen) atoms. The maximum atomic E-state index is 13.1. The average Bonchev–Trinajstić information content (AvgIpc) is 3.42. The minimum Gasteiger partial charge on any atom is -0.495 e. The number of hydrogen-bond donors (Lipinski definition) is 0. The third-order valence-corrected chi connectivity index (χ3v) is 6.51. The van der Waals surface area contributed by atoms with E-state index in [1.54, 1.807) is 31.3 Å². The first-order chi connectivity index (χ1) is 17.9. The number of benzene rings is 2. The second kappa shape index (κ2) is 12.3. The fourth-order valence-electron chi connectivity index (χ4n) is 4.07. The van der Waals surface area contributed by atoms with E-state index in [9.17, 15) is 4.79 Å². The number of carbonyl (C=O) groups excluding carboxylic acids is 1. The average molecular weight is 531 g/mol. The molecule has 2 aromatic carbocycles. The Hall–Kier alpha value is -3.24. The zero-order chi connectivity index (χ0) is 26.4. The monoisotopic (exact) mass is 530 g/mol. The number of nitrogens with zero attached hydrogens (tertiary/aromatic N) is 2. The summed E-state index contributed by atoms with van der Waals surface area (Å²) in [6, 6.07) is 14.9. The van der Waals surface area contributed by atoms with E-state index in [2.05, 4.69) is 4.90 Å². The Kier molecular flexibility index (Phi) is 8.94. The van der Waals surface area contributed by atoms with E-state index < -0.39 is 6.10 Å². The van der Waals surface area contributed by atoms with E-state index in [4.69, 9.17) is 39.8 Å². The topological polar surface area (TPSA) is 82.8 Å². The van der Waals surface area contributed by atoms with Gasteiger partial charge in [-0.05, 0) is 42.0 Å². The Balaban J connectivity index is 1.38. The molecule has 1 saturated heterocycles. The highest BCUT2D eigenvalue weighted by Crippen LogP contribution is 2.39. The van der Waals surface area contributed by atoms with Gasteiger partial charge in [-0.3, -0.25) is 9.63 Å². The van der Waals surface area contributed by atoms with Crippen LogP contribution in [-0.2, 0) is 25.7 Å². The number of hydrogen-bond acceptors (Lipinski definition) is 8. The van der Waals surface area contributed by atoms with Crippen molar-refractivity contribution in [3.63, 3.8) is 0 Å². The highest BCUT2D eigenvalue weighted by atomic mass is 35.5. The molecule has 9 nitrogen and oxygen atoms in total. The van der Waals surface area contributed by atoms with Gasteiger partial charge in [0.25, 0.3) is 5.91 Å². The van der Waals surface area contributed by atoms with Gasteiger partial charge in [0.2, 0.25) is 0 Å². The first-order valence-electron chi connectivity index (χ1n) is 11.8. The van der Waals surface area contributed by atoms with E-state index in [1.807, 2.05) is 24.3 Å². The van der Waals surface area contributed by atoms with Gasteiger partial charge in [0.05, 0.1) is 27.4 Å². The van der Waals surface area contributed by atoms with Gasteiger partial charge in [0.15, 0.2) is 6.10 Å². The van der Waals surface area contributed by atoms with Gasteiger partial charge in [0, 0.05) is 38.5 Å². The predicted octanol–water partition coefficient (Wildman–Crippen LogP) is 4.73. The molecule has 0 radical (unpaired) electrons. The lowest BCUT2D eigenvalue weighted by atomic mass is 10.1. The minimum absolute atomic E-state index is 0.0521. The van der Waals surface area contributed by atoms with Crippen LogP contribution in [0.3, 0.4) is 0 Å². The molecule has 1 unspecified atom stereocenters. The quantitative estimate of drug-likeness (QED) is 0.348. The number of anilines is 1. The number of likely N-dealkylation sites (N-methyl/N-ethyl adjacent to an activating group) is 1. The fourth-order valence-corrected chi connectivity index (χ4v) is 4.34. The standard InChI is InChI=1S/C27H31ClN2O7/c1-29(27(31)26(34-4)18-5-7-20(8-6-18)30-11-13-35-14-12-30)36-17-21-9-10-22(37-21)19-15-23(32-2)25(28)24(16-19)33-3/h5-10,15-16,26H,11-14,17H2,1-4H3. The van der Waals surface area contributed by atoms with Gasteiger partial charge in [-0.25, -0.2) is 5.06 Å². The van der Waals surface area contributed by atoms with Crippen molar-refractivity contribution in [2.24, 2.45) is 0 Å². The Morgan fingerprint density at radius 2 is 1.68 bits per heavy atom. The van der Waals surface area contributed by atoms with Crippen LogP contribution in [0.2, 0.25) is 5.02 Å². The number of ether oxygens (including phenoxy) is 4. The zero-order valence-corrected chi connectivity index (χ0v) is 22.1. The number of morpholine rings is 1. The summed E-state index contributed by atoms with van der Waals surface area (Å²) in [6.07, 6.45) is -0.801. The summed E-state index contributed by atoms with van der Waals surface area (Å²) in [5, 5.41) is 1.55. The Labute approximate surface area is 221 Å². The van der Waals surface area contributed by atoms with Crippen molar-refractivity contribution in [3.8, 4) is 22.8 Å². The smallest absolute Gasteiger partial charge is 0.279 e. The van der Waals surface area contributed by atoms with Crippen LogP contribution >= 0.6 is 11.6 Å². The van der Waals surface area contributed by atoms with Gasteiger partial charge < -0.3 is 28.3 Å². The largest absolute Gasteiger partial charge is 0.495 e. The number of methoxy groups -OCH3 is 3. The molecule has 0 aliphatic carbocycles. The van der Waals surface area contributed by atoms with Crippen LogP contribution in [0, 0.1) is 0 Å². The molecule has 10 heteroatoms. The van der Waals surface area contributed by atoms with E-state index in [-0.39, 0.29) is 12.5 Å². The lowest BCUT2D eigenvalue weighted by Gasteiger charge is -2.29. The molecule has 1 aliphatic rings. The number of hydroxylamine groups is 2. The Bertz CT molecular complexity index is 1170. The molecule has 0 bridgehead atoms. The van der Waals surface area contributed by atoms with Gasteiger partial charge in [-0.2, -0.15) is 0 Å². The summed E-state index contributed by atoms with van der Waals surface area (Å²) in [4.78, 5) is 21.0. The molecule has 0 saturated carbocycles. The third-order valence-electron chi connectivity index (χ3n) is 6.13. The molecular weight excluding hydrogens is 500 g/mol. The summed E-state index contributed by atoms with van der Waals surface area (Å²) in [6.45, 7) is 3.16. The summed E-state index contributed by atoms with van der Waals surface area (Å²) >= 11 is 6.26. The van der Waals surface area contributed by atoms with Crippen LogP contribution in [0.4, 0.5) is 5.69 Å². The molecular formula is C27H31ClN2O7. The van der Waals surface area contributed by atoms with Crippen LogP contribution < -0.4 is 14.4 Å².